The molecule has 1 aromatic carbocycles. The van der Waals surface area contributed by atoms with Gasteiger partial charge in [-0.2, -0.15) is 0 Å². The lowest BCUT2D eigenvalue weighted by atomic mass is 9.96. The molecule has 2 N–H and O–H groups in total. The third-order valence-electron chi connectivity index (χ3n) is 2.89. The molecule has 1 aromatic rings. The van der Waals surface area contributed by atoms with Crippen molar-refractivity contribution in [1.82, 2.24) is 5.32 Å². The van der Waals surface area contributed by atoms with E-state index in [1.54, 1.807) is 32.0 Å². The first-order valence-electron chi connectivity index (χ1n) is 7.03. The number of nitrogens with one attached hydrogen (secondary N) is 1. The zero-order valence-electron chi connectivity index (χ0n) is 12.8. The molecule has 0 unspecified atom stereocenters. The highest BCUT2D eigenvalue weighted by molar-refractivity contribution is 5.94. The van der Waals surface area contributed by atoms with Gasteiger partial charge in [-0.15, -0.1) is 0 Å². The number of aliphatic hydroxyl groups is 1. The number of hydrogen-bond donors (Lipinski definition) is 2. The van der Waals surface area contributed by atoms with E-state index in [2.05, 4.69) is 5.32 Å². The molecule has 0 saturated heterocycles. The number of carbonyl (C=O) groups excluding carboxylic acids is 1. The van der Waals surface area contributed by atoms with Gasteiger partial charge in [0.2, 0.25) is 0 Å². The first kappa shape index (κ1) is 16.7. The summed E-state index contributed by atoms with van der Waals surface area (Å²) >= 11 is 0. The Morgan fingerprint density at radius 2 is 2.10 bits per heavy atom. The molecule has 0 aliphatic rings. The second-order valence-electron chi connectivity index (χ2n) is 5.67. The fraction of sp³-hybridized carbons (Fsp3) is 0.562. The molecule has 0 fully saturated rings. The van der Waals surface area contributed by atoms with E-state index < -0.39 is 5.60 Å². The summed E-state index contributed by atoms with van der Waals surface area (Å²) in [7, 11) is 0. The molecule has 0 aliphatic heterocycles. The second-order valence-corrected chi connectivity index (χ2v) is 5.67. The van der Waals surface area contributed by atoms with E-state index in [1.807, 2.05) is 19.9 Å². The van der Waals surface area contributed by atoms with Crippen molar-refractivity contribution >= 4 is 5.91 Å². The van der Waals surface area contributed by atoms with Crippen molar-refractivity contribution in [2.75, 3.05) is 13.2 Å². The molecule has 0 bridgehead atoms. The van der Waals surface area contributed by atoms with Crippen LogP contribution >= 0.6 is 0 Å². The summed E-state index contributed by atoms with van der Waals surface area (Å²) in [6, 6.07) is 7.06. The molecular formula is C16H25NO3. The summed E-state index contributed by atoms with van der Waals surface area (Å²) in [5.41, 5.74) is 0.351. The molecule has 0 heterocycles. The predicted octanol–water partition coefficient (Wildman–Crippen LogP) is 2.46. The van der Waals surface area contributed by atoms with Crippen LogP contribution in [-0.2, 0) is 10.3 Å². The zero-order chi connectivity index (χ0) is 15.2. The minimum absolute atomic E-state index is 0.124. The minimum Gasteiger partial charge on any atom is -0.386 e. The molecule has 0 saturated carbocycles. The molecule has 0 aromatic heterocycles. The Morgan fingerprint density at radius 1 is 1.40 bits per heavy atom. The van der Waals surface area contributed by atoms with E-state index in [0.29, 0.717) is 18.7 Å². The monoisotopic (exact) mass is 279 g/mol. The molecule has 0 atom stereocenters. The van der Waals surface area contributed by atoms with Gasteiger partial charge in [0, 0.05) is 18.7 Å². The largest absolute Gasteiger partial charge is 0.386 e. The Kier molecular flexibility index (Phi) is 6.17. The van der Waals surface area contributed by atoms with E-state index in [9.17, 15) is 9.90 Å². The van der Waals surface area contributed by atoms with Crippen LogP contribution in [0.5, 0.6) is 0 Å². The number of carbonyl (C=O) groups is 1. The highest BCUT2D eigenvalue weighted by Crippen LogP contribution is 2.20. The van der Waals surface area contributed by atoms with Gasteiger partial charge in [0.25, 0.3) is 5.91 Å². The Hall–Kier alpha value is -1.39. The van der Waals surface area contributed by atoms with Crippen LogP contribution < -0.4 is 5.32 Å². The molecule has 0 radical (unpaired) electrons. The van der Waals surface area contributed by atoms with E-state index in [1.165, 1.54) is 0 Å². The van der Waals surface area contributed by atoms with Crippen LogP contribution in [0.25, 0.3) is 0 Å². The van der Waals surface area contributed by atoms with Gasteiger partial charge in [0.05, 0.1) is 11.7 Å². The lowest BCUT2D eigenvalue weighted by Gasteiger charge is -2.18. The normalized spacial score (nSPS) is 11.7. The number of benzene rings is 1. The van der Waals surface area contributed by atoms with Gasteiger partial charge in [-0.25, -0.2) is 0 Å². The van der Waals surface area contributed by atoms with Crippen molar-refractivity contribution in [2.45, 2.75) is 45.8 Å². The Bertz CT molecular complexity index is 436. The smallest absolute Gasteiger partial charge is 0.251 e. The quantitative estimate of drug-likeness (QED) is 0.754. The third-order valence-corrected chi connectivity index (χ3v) is 2.89. The first-order valence-corrected chi connectivity index (χ1v) is 7.03. The maximum absolute atomic E-state index is 12.0. The lowest BCUT2D eigenvalue weighted by Crippen LogP contribution is -2.26. The molecule has 20 heavy (non-hydrogen) atoms. The maximum Gasteiger partial charge on any atom is 0.251 e. The van der Waals surface area contributed by atoms with Crippen LogP contribution in [0.3, 0.4) is 0 Å². The lowest BCUT2D eigenvalue weighted by molar-refractivity contribution is 0.0757. The fourth-order valence-electron chi connectivity index (χ4n) is 1.74. The van der Waals surface area contributed by atoms with Gasteiger partial charge in [-0.3, -0.25) is 4.79 Å². The number of amides is 1. The molecule has 4 heteroatoms. The van der Waals surface area contributed by atoms with Crippen LogP contribution in [0.2, 0.25) is 0 Å². The van der Waals surface area contributed by atoms with Crippen LogP contribution in [0.15, 0.2) is 24.3 Å². The number of hydrogen-bond acceptors (Lipinski definition) is 3. The molecule has 1 rings (SSSR count). The van der Waals surface area contributed by atoms with Crippen molar-refractivity contribution < 1.29 is 14.6 Å². The van der Waals surface area contributed by atoms with Crippen molar-refractivity contribution in [3.63, 3.8) is 0 Å². The van der Waals surface area contributed by atoms with E-state index >= 15 is 0 Å². The SMILES string of the molecule is CC(C)OCCCNC(=O)c1cccc(C(C)(C)O)c1. The zero-order valence-corrected chi connectivity index (χ0v) is 12.8. The van der Waals surface area contributed by atoms with E-state index in [0.717, 1.165) is 12.0 Å². The van der Waals surface area contributed by atoms with Gasteiger partial charge < -0.3 is 15.2 Å². The summed E-state index contributed by atoms with van der Waals surface area (Å²) in [5, 5.41) is 12.8. The summed E-state index contributed by atoms with van der Waals surface area (Å²) in [6.45, 7) is 8.60. The maximum atomic E-state index is 12.0. The highest BCUT2D eigenvalue weighted by atomic mass is 16.5. The van der Waals surface area contributed by atoms with Crippen LogP contribution in [0, 0.1) is 0 Å². The van der Waals surface area contributed by atoms with Gasteiger partial charge >= 0.3 is 0 Å². The third kappa shape index (κ3) is 5.72. The van der Waals surface area contributed by atoms with Gasteiger partial charge in [-0.05, 0) is 51.8 Å². The van der Waals surface area contributed by atoms with Crippen LogP contribution in [0.4, 0.5) is 0 Å². The van der Waals surface area contributed by atoms with Crippen molar-refractivity contribution in [3.8, 4) is 0 Å². The number of rotatable bonds is 7. The van der Waals surface area contributed by atoms with Crippen molar-refractivity contribution in [3.05, 3.63) is 35.4 Å². The predicted molar refractivity (Wildman–Crippen MR) is 79.7 cm³/mol. The summed E-state index contributed by atoms with van der Waals surface area (Å²) in [6.07, 6.45) is 1.00. The Balaban J connectivity index is 2.48. The van der Waals surface area contributed by atoms with E-state index in [4.69, 9.17) is 4.74 Å². The summed E-state index contributed by atoms with van der Waals surface area (Å²) in [4.78, 5) is 12.0. The average Bonchev–Trinajstić information content (AvgIpc) is 2.37. The molecular weight excluding hydrogens is 254 g/mol. The Labute approximate surface area is 121 Å². The summed E-state index contributed by atoms with van der Waals surface area (Å²) in [5.74, 6) is -0.124. The second kappa shape index (κ2) is 7.41. The van der Waals surface area contributed by atoms with E-state index in [-0.39, 0.29) is 12.0 Å². The average molecular weight is 279 g/mol. The highest BCUT2D eigenvalue weighted by Gasteiger charge is 2.17. The fourth-order valence-corrected chi connectivity index (χ4v) is 1.74. The molecule has 4 nitrogen and oxygen atoms in total. The van der Waals surface area contributed by atoms with Crippen LogP contribution in [-0.4, -0.2) is 30.3 Å². The molecule has 0 aliphatic carbocycles. The van der Waals surface area contributed by atoms with Crippen LogP contribution in [0.1, 0.15) is 50.0 Å². The standard InChI is InChI=1S/C16H25NO3/c1-12(2)20-10-6-9-17-15(18)13-7-5-8-14(11-13)16(3,4)19/h5,7-8,11-12,19H,6,9-10H2,1-4H3,(H,17,18). The molecule has 112 valence electrons. The molecule has 0 spiro atoms. The molecule has 1 amide bonds. The topological polar surface area (TPSA) is 58.6 Å². The van der Waals surface area contributed by atoms with Crippen molar-refractivity contribution in [1.29, 1.82) is 0 Å². The number of ether oxygens (including phenoxy) is 1. The van der Waals surface area contributed by atoms with Gasteiger partial charge in [0.15, 0.2) is 0 Å². The van der Waals surface area contributed by atoms with Gasteiger partial charge in [0.1, 0.15) is 0 Å². The summed E-state index contributed by atoms with van der Waals surface area (Å²) < 4.78 is 5.41. The van der Waals surface area contributed by atoms with Gasteiger partial charge in [-0.1, -0.05) is 12.1 Å². The Morgan fingerprint density at radius 3 is 2.70 bits per heavy atom. The van der Waals surface area contributed by atoms with Crippen molar-refractivity contribution in [2.24, 2.45) is 0 Å². The first-order chi connectivity index (χ1) is 9.30. The minimum atomic E-state index is -0.943.